The Balaban J connectivity index is 3.20. The molecule has 0 amide bonds. The average molecular weight is 234 g/mol. The Morgan fingerprint density at radius 3 is 2.25 bits per heavy atom. The van der Waals surface area contributed by atoms with E-state index in [0.717, 1.165) is 0 Å². The summed E-state index contributed by atoms with van der Waals surface area (Å²) >= 11 is 0. The maximum atomic E-state index is 12.1. The molecule has 90 valence electrons. The first kappa shape index (κ1) is 12.7. The summed E-state index contributed by atoms with van der Waals surface area (Å²) in [5, 5.41) is 9.43. The van der Waals surface area contributed by atoms with Crippen molar-refractivity contribution < 1.29 is 23.0 Å². The van der Waals surface area contributed by atoms with Crippen molar-refractivity contribution in [2.75, 3.05) is 0 Å². The Labute approximate surface area is 91.7 Å². The van der Waals surface area contributed by atoms with Gasteiger partial charge in [-0.05, 0) is 30.5 Å². The fourth-order valence-corrected chi connectivity index (χ4v) is 1.35. The summed E-state index contributed by atoms with van der Waals surface area (Å²) in [6, 6.07) is 2.50. The fraction of sp³-hybridized carbons (Fsp3) is 0.455. The molecule has 0 spiro atoms. The molecule has 0 heterocycles. The number of aryl methyl sites for hydroxylation is 1. The molecular formula is C11H13F3O2. The molecule has 1 aromatic rings. The van der Waals surface area contributed by atoms with Crippen LogP contribution in [0.3, 0.4) is 0 Å². The van der Waals surface area contributed by atoms with Crippen LogP contribution >= 0.6 is 0 Å². The fourth-order valence-electron chi connectivity index (χ4n) is 1.35. The summed E-state index contributed by atoms with van der Waals surface area (Å²) in [6.45, 7) is 4.98. The molecule has 0 aromatic heterocycles. The summed E-state index contributed by atoms with van der Waals surface area (Å²) in [5.74, 6) is -0.445. The minimum absolute atomic E-state index is 0.0294. The third kappa shape index (κ3) is 3.05. The van der Waals surface area contributed by atoms with Crippen LogP contribution < -0.4 is 4.74 Å². The van der Waals surface area contributed by atoms with Crippen LogP contribution in [-0.4, -0.2) is 11.5 Å². The third-order valence-electron chi connectivity index (χ3n) is 2.18. The molecule has 1 rings (SSSR count). The number of phenolic OH excluding ortho intramolecular Hbond substituents is 1. The van der Waals surface area contributed by atoms with Gasteiger partial charge in [-0.25, -0.2) is 0 Å². The first-order valence-corrected chi connectivity index (χ1v) is 4.80. The van der Waals surface area contributed by atoms with Crippen molar-refractivity contribution >= 4 is 0 Å². The van der Waals surface area contributed by atoms with Crippen LogP contribution in [0.4, 0.5) is 13.2 Å². The number of rotatable bonds is 2. The maximum absolute atomic E-state index is 12.1. The zero-order chi connectivity index (χ0) is 12.5. The zero-order valence-electron chi connectivity index (χ0n) is 9.22. The molecule has 0 bridgehead atoms. The van der Waals surface area contributed by atoms with E-state index >= 15 is 0 Å². The molecule has 2 nitrogen and oxygen atoms in total. The van der Waals surface area contributed by atoms with E-state index in [1.54, 1.807) is 13.8 Å². The molecule has 0 unspecified atom stereocenters. The van der Waals surface area contributed by atoms with Crippen molar-refractivity contribution in [3.05, 3.63) is 23.3 Å². The van der Waals surface area contributed by atoms with Gasteiger partial charge in [0.2, 0.25) is 0 Å². The van der Waals surface area contributed by atoms with Gasteiger partial charge in [0.05, 0.1) is 0 Å². The molecule has 0 aliphatic carbocycles. The first-order chi connectivity index (χ1) is 7.20. The largest absolute Gasteiger partial charge is 0.573 e. The van der Waals surface area contributed by atoms with E-state index in [1.807, 2.05) is 0 Å². The summed E-state index contributed by atoms with van der Waals surface area (Å²) in [6.07, 6.45) is -4.72. The van der Waals surface area contributed by atoms with Gasteiger partial charge in [-0.2, -0.15) is 0 Å². The monoisotopic (exact) mass is 234 g/mol. The van der Waals surface area contributed by atoms with Gasteiger partial charge in [0.25, 0.3) is 0 Å². The lowest BCUT2D eigenvalue weighted by Gasteiger charge is -2.16. The molecular weight excluding hydrogens is 221 g/mol. The van der Waals surface area contributed by atoms with Gasteiger partial charge in [-0.15, -0.1) is 13.2 Å². The lowest BCUT2D eigenvalue weighted by atomic mass is 10.00. The van der Waals surface area contributed by atoms with Crippen molar-refractivity contribution in [1.82, 2.24) is 0 Å². The molecule has 16 heavy (non-hydrogen) atoms. The number of alkyl halides is 3. The second-order valence-corrected chi connectivity index (χ2v) is 3.88. The smallest absolute Gasteiger partial charge is 0.508 e. The summed E-state index contributed by atoms with van der Waals surface area (Å²) in [7, 11) is 0. The molecule has 0 saturated carbocycles. The highest BCUT2D eigenvalue weighted by Gasteiger charge is 2.32. The SMILES string of the molecule is Cc1cc(OC(F)(F)F)c(C(C)C)cc1O. The number of ether oxygens (including phenoxy) is 1. The summed E-state index contributed by atoms with van der Waals surface area (Å²) in [4.78, 5) is 0. The number of aromatic hydroxyl groups is 1. The Kier molecular flexibility index (Phi) is 3.35. The first-order valence-electron chi connectivity index (χ1n) is 4.80. The zero-order valence-corrected chi connectivity index (χ0v) is 9.22. The molecule has 0 aliphatic heterocycles. The highest BCUT2D eigenvalue weighted by atomic mass is 19.4. The van der Waals surface area contributed by atoms with Crippen molar-refractivity contribution in [3.63, 3.8) is 0 Å². The standard InChI is InChI=1S/C11H13F3O2/c1-6(2)8-5-9(15)7(3)4-10(8)16-11(12,13)14/h4-6,15H,1-3H3. The van der Waals surface area contributed by atoms with E-state index < -0.39 is 6.36 Å². The van der Waals surface area contributed by atoms with E-state index in [9.17, 15) is 18.3 Å². The minimum atomic E-state index is -4.72. The van der Waals surface area contributed by atoms with Crippen LogP contribution in [0.1, 0.15) is 30.9 Å². The van der Waals surface area contributed by atoms with E-state index in [4.69, 9.17) is 0 Å². The Bertz CT molecular complexity index is 384. The highest BCUT2D eigenvalue weighted by Crippen LogP contribution is 2.35. The number of phenols is 1. The van der Waals surface area contributed by atoms with Gasteiger partial charge in [0.1, 0.15) is 11.5 Å². The van der Waals surface area contributed by atoms with E-state index in [-0.39, 0.29) is 17.4 Å². The Morgan fingerprint density at radius 2 is 1.81 bits per heavy atom. The normalized spacial score (nSPS) is 11.9. The molecule has 1 N–H and O–H groups in total. The van der Waals surface area contributed by atoms with Crippen LogP contribution in [-0.2, 0) is 0 Å². The number of hydrogen-bond donors (Lipinski definition) is 1. The molecule has 0 fully saturated rings. The molecule has 5 heteroatoms. The van der Waals surface area contributed by atoms with Crippen LogP contribution in [0.5, 0.6) is 11.5 Å². The molecule has 0 saturated heterocycles. The van der Waals surface area contributed by atoms with E-state index in [1.165, 1.54) is 19.1 Å². The number of halogens is 3. The summed E-state index contributed by atoms with van der Waals surface area (Å²) < 4.78 is 40.3. The number of benzene rings is 1. The molecule has 0 aliphatic rings. The second-order valence-electron chi connectivity index (χ2n) is 3.88. The van der Waals surface area contributed by atoms with E-state index in [2.05, 4.69) is 4.74 Å². The topological polar surface area (TPSA) is 29.5 Å². The highest BCUT2D eigenvalue weighted by molar-refractivity contribution is 5.46. The van der Waals surface area contributed by atoms with Crippen LogP contribution in [0, 0.1) is 6.92 Å². The predicted octanol–water partition coefficient (Wildman–Crippen LogP) is 3.72. The van der Waals surface area contributed by atoms with Gasteiger partial charge in [0, 0.05) is 5.56 Å². The minimum Gasteiger partial charge on any atom is -0.508 e. The van der Waals surface area contributed by atoms with Gasteiger partial charge in [-0.3, -0.25) is 0 Å². The number of hydrogen-bond acceptors (Lipinski definition) is 2. The van der Waals surface area contributed by atoms with Crippen molar-refractivity contribution in [1.29, 1.82) is 0 Å². The van der Waals surface area contributed by atoms with Gasteiger partial charge >= 0.3 is 6.36 Å². The summed E-state index contributed by atoms with van der Waals surface area (Å²) in [5.41, 5.74) is 0.684. The maximum Gasteiger partial charge on any atom is 0.573 e. The van der Waals surface area contributed by atoms with Crippen molar-refractivity contribution in [2.45, 2.75) is 33.1 Å². The van der Waals surface area contributed by atoms with Crippen LogP contribution in [0.25, 0.3) is 0 Å². The molecule has 1 aromatic carbocycles. The quantitative estimate of drug-likeness (QED) is 0.844. The van der Waals surface area contributed by atoms with Crippen molar-refractivity contribution in [2.24, 2.45) is 0 Å². The van der Waals surface area contributed by atoms with Gasteiger partial charge < -0.3 is 9.84 Å². The second kappa shape index (κ2) is 4.23. The van der Waals surface area contributed by atoms with Crippen LogP contribution in [0.15, 0.2) is 12.1 Å². The lowest BCUT2D eigenvalue weighted by molar-refractivity contribution is -0.275. The Hall–Kier alpha value is -1.39. The Morgan fingerprint density at radius 1 is 1.25 bits per heavy atom. The molecule has 0 radical (unpaired) electrons. The molecule has 0 atom stereocenters. The van der Waals surface area contributed by atoms with Crippen molar-refractivity contribution in [3.8, 4) is 11.5 Å². The lowest BCUT2D eigenvalue weighted by Crippen LogP contribution is -2.18. The van der Waals surface area contributed by atoms with Gasteiger partial charge in [0.15, 0.2) is 0 Å². The average Bonchev–Trinajstić information content (AvgIpc) is 2.07. The van der Waals surface area contributed by atoms with Gasteiger partial charge in [-0.1, -0.05) is 13.8 Å². The van der Waals surface area contributed by atoms with E-state index in [0.29, 0.717) is 11.1 Å². The third-order valence-corrected chi connectivity index (χ3v) is 2.18. The predicted molar refractivity (Wildman–Crippen MR) is 53.6 cm³/mol. The van der Waals surface area contributed by atoms with Crippen LogP contribution in [0.2, 0.25) is 0 Å².